The van der Waals surface area contributed by atoms with Crippen molar-refractivity contribution < 1.29 is 24.2 Å². The molecule has 1 aromatic rings. The Morgan fingerprint density at radius 3 is 2.56 bits per heavy atom. The van der Waals surface area contributed by atoms with Crippen LogP contribution in [-0.4, -0.2) is 29.6 Å². The molecular weight excluding hydrogens is 366 g/mol. The molecule has 0 spiro atoms. The average Bonchev–Trinajstić information content (AvgIpc) is 2.90. The van der Waals surface area contributed by atoms with Crippen LogP contribution >= 0.6 is 11.3 Å². The second-order valence-electron chi connectivity index (χ2n) is 8.03. The van der Waals surface area contributed by atoms with Crippen LogP contribution < -0.4 is 5.32 Å². The first-order valence-electron chi connectivity index (χ1n) is 9.46. The minimum Gasteiger partial charge on any atom is -0.481 e. The van der Waals surface area contributed by atoms with Crippen LogP contribution in [0.25, 0.3) is 0 Å². The first-order chi connectivity index (χ1) is 12.6. The Morgan fingerprint density at radius 2 is 1.96 bits per heavy atom. The van der Waals surface area contributed by atoms with Gasteiger partial charge in [-0.2, -0.15) is 0 Å². The van der Waals surface area contributed by atoms with E-state index in [0.717, 1.165) is 29.7 Å². The molecular formula is C20H29NO5S. The number of fused-ring (bicyclic) bond motifs is 1. The van der Waals surface area contributed by atoms with Gasteiger partial charge in [0.25, 0.3) is 0 Å². The van der Waals surface area contributed by atoms with Gasteiger partial charge in [-0.1, -0.05) is 20.8 Å². The van der Waals surface area contributed by atoms with Gasteiger partial charge < -0.3 is 15.2 Å². The molecule has 1 aliphatic carbocycles. The molecule has 0 bridgehead atoms. The molecule has 0 fully saturated rings. The largest absolute Gasteiger partial charge is 0.481 e. The van der Waals surface area contributed by atoms with Crippen molar-refractivity contribution in [1.29, 1.82) is 0 Å². The normalized spacial score (nSPS) is 16.5. The van der Waals surface area contributed by atoms with Gasteiger partial charge in [-0.3, -0.25) is 9.59 Å². The molecule has 150 valence electrons. The van der Waals surface area contributed by atoms with Gasteiger partial charge in [-0.15, -0.1) is 11.3 Å². The zero-order chi connectivity index (χ0) is 20.2. The Balaban J connectivity index is 2.23. The van der Waals surface area contributed by atoms with Crippen LogP contribution in [0.1, 0.15) is 74.2 Å². The minimum absolute atomic E-state index is 0.0492. The molecule has 1 atom stereocenters. The maximum Gasteiger partial charge on any atom is 0.341 e. The van der Waals surface area contributed by atoms with Crippen LogP contribution in [0, 0.1) is 11.3 Å². The quantitative estimate of drug-likeness (QED) is 0.673. The van der Waals surface area contributed by atoms with Gasteiger partial charge in [0.15, 0.2) is 0 Å². The number of ether oxygens (including phenoxy) is 1. The third-order valence-corrected chi connectivity index (χ3v) is 6.19. The molecule has 7 heteroatoms. The van der Waals surface area contributed by atoms with E-state index in [4.69, 9.17) is 9.84 Å². The molecule has 0 radical (unpaired) electrons. The monoisotopic (exact) mass is 395 g/mol. The van der Waals surface area contributed by atoms with Crippen molar-refractivity contribution in [2.45, 2.75) is 66.2 Å². The summed E-state index contributed by atoms with van der Waals surface area (Å²) in [5, 5.41) is 12.1. The Morgan fingerprint density at radius 1 is 1.26 bits per heavy atom. The lowest BCUT2D eigenvalue weighted by molar-refractivity contribution is -0.137. The molecule has 2 N–H and O–H groups in total. The van der Waals surface area contributed by atoms with Crippen LogP contribution in [0.4, 0.5) is 5.00 Å². The molecule has 0 aliphatic heterocycles. The number of carboxylic acids is 1. The van der Waals surface area contributed by atoms with E-state index in [2.05, 4.69) is 26.1 Å². The van der Waals surface area contributed by atoms with Gasteiger partial charge in [-0.25, -0.2) is 4.79 Å². The van der Waals surface area contributed by atoms with Crippen LogP contribution in [0.3, 0.4) is 0 Å². The molecule has 0 saturated carbocycles. The molecule has 2 rings (SSSR count). The predicted molar refractivity (Wildman–Crippen MR) is 105 cm³/mol. The standard InChI is InChI=1S/C20H29NO5S/c1-5-26-19(25)17-13-10-9-12(20(2,3)4)11-14(13)27-18(17)21-15(22)7-6-8-16(23)24/h12H,5-11H2,1-4H3,(H,21,22)(H,23,24)/t12-/m1/s1. The lowest BCUT2D eigenvalue weighted by Gasteiger charge is -2.33. The molecule has 27 heavy (non-hydrogen) atoms. The van der Waals surface area contributed by atoms with Crippen molar-refractivity contribution in [2.24, 2.45) is 11.3 Å². The molecule has 0 unspecified atom stereocenters. The maximum absolute atomic E-state index is 12.5. The Bertz CT molecular complexity index is 717. The number of carboxylic acid groups (broad SMARTS) is 1. The zero-order valence-electron chi connectivity index (χ0n) is 16.5. The topological polar surface area (TPSA) is 92.7 Å². The van der Waals surface area contributed by atoms with Gasteiger partial charge >= 0.3 is 11.9 Å². The van der Waals surface area contributed by atoms with Crippen molar-refractivity contribution >= 4 is 34.2 Å². The van der Waals surface area contributed by atoms with Gasteiger partial charge in [0, 0.05) is 17.7 Å². The number of thiophene rings is 1. The smallest absolute Gasteiger partial charge is 0.341 e. The number of anilines is 1. The number of esters is 1. The Labute approximate surface area is 164 Å². The van der Waals surface area contributed by atoms with Gasteiger partial charge in [0.05, 0.1) is 12.2 Å². The number of carbonyl (C=O) groups excluding carboxylic acids is 2. The number of rotatable bonds is 7. The zero-order valence-corrected chi connectivity index (χ0v) is 17.3. The SMILES string of the molecule is CCOC(=O)c1c(NC(=O)CCCC(=O)O)sc2c1CC[C@@H](C(C)(C)C)C2. The number of hydrogen-bond acceptors (Lipinski definition) is 5. The summed E-state index contributed by atoms with van der Waals surface area (Å²) in [6, 6.07) is 0. The fraction of sp³-hybridized carbons (Fsp3) is 0.650. The minimum atomic E-state index is -0.921. The van der Waals surface area contributed by atoms with E-state index in [1.54, 1.807) is 6.92 Å². The first-order valence-corrected chi connectivity index (χ1v) is 10.3. The second kappa shape index (κ2) is 8.87. The van der Waals surface area contributed by atoms with Gasteiger partial charge in [-0.05, 0) is 49.5 Å². The van der Waals surface area contributed by atoms with Crippen LogP contribution in [0.15, 0.2) is 0 Å². The highest BCUT2D eigenvalue weighted by Crippen LogP contribution is 2.44. The van der Waals surface area contributed by atoms with Crippen molar-refractivity contribution in [3.63, 3.8) is 0 Å². The highest BCUT2D eigenvalue weighted by Gasteiger charge is 2.34. The van der Waals surface area contributed by atoms with E-state index in [0.29, 0.717) is 16.5 Å². The molecule has 1 heterocycles. The van der Waals surface area contributed by atoms with Crippen molar-refractivity contribution in [3.8, 4) is 0 Å². The molecule has 1 amide bonds. The number of carbonyl (C=O) groups is 3. The van der Waals surface area contributed by atoms with Crippen LogP contribution in [0.5, 0.6) is 0 Å². The molecule has 0 saturated heterocycles. The fourth-order valence-corrected chi connectivity index (χ4v) is 4.75. The summed E-state index contributed by atoms with van der Waals surface area (Å²) in [5.74, 6) is -1.06. The van der Waals surface area contributed by atoms with Crippen molar-refractivity contribution in [3.05, 3.63) is 16.0 Å². The highest BCUT2D eigenvalue weighted by molar-refractivity contribution is 7.17. The Hall–Kier alpha value is -1.89. The molecule has 0 aromatic carbocycles. The number of nitrogens with one attached hydrogen (secondary N) is 1. The third kappa shape index (κ3) is 5.54. The molecule has 6 nitrogen and oxygen atoms in total. The lowest BCUT2D eigenvalue weighted by atomic mass is 9.72. The van der Waals surface area contributed by atoms with E-state index in [9.17, 15) is 14.4 Å². The first kappa shape index (κ1) is 21.4. The summed E-state index contributed by atoms with van der Waals surface area (Å²) in [4.78, 5) is 36.5. The maximum atomic E-state index is 12.5. The summed E-state index contributed by atoms with van der Waals surface area (Å²) in [6.45, 7) is 8.73. The van der Waals surface area contributed by atoms with Gasteiger partial charge in [0.2, 0.25) is 5.91 Å². The average molecular weight is 396 g/mol. The van der Waals surface area contributed by atoms with E-state index in [1.807, 2.05) is 0 Å². The number of hydrogen-bond donors (Lipinski definition) is 2. The second-order valence-corrected chi connectivity index (χ2v) is 9.13. The number of aliphatic carboxylic acids is 1. The van der Waals surface area contributed by atoms with E-state index >= 15 is 0 Å². The molecule has 1 aromatic heterocycles. The fourth-order valence-electron chi connectivity index (χ4n) is 3.42. The van der Waals surface area contributed by atoms with Crippen LogP contribution in [-0.2, 0) is 27.2 Å². The Kier molecular flexibility index (Phi) is 7.03. The highest BCUT2D eigenvalue weighted by atomic mass is 32.1. The predicted octanol–water partition coefficient (Wildman–Crippen LogP) is 4.27. The summed E-state index contributed by atoms with van der Waals surface area (Å²) < 4.78 is 5.22. The van der Waals surface area contributed by atoms with E-state index in [-0.39, 0.29) is 37.2 Å². The van der Waals surface area contributed by atoms with Crippen molar-refractivity contribution in [1.82, 2.24) is 0 Å². The summed E-state index contributed by atoms with van der Waals surface area (Å²) in [7, 11) is 0. The summed E-state index contributed by atoms with van der Waals surface area (Å²) in [5.41, 5.74) is 1.67. The van der Waals surface area contributed by atoms with Crippen LogP contribution in [0.2, 0.25) is 0 Å². The lowest BCUT2D eigenvalue weighted by Crippen LogP contribution is -2.26. The summed E-state index contributed by atoms with van der Waals surface area (Å²) in [6.07, 6.45) is 3.04. The number of amides is 1. The molecule has 1 aliphatic rings. The van der Waals surface area contributed by atoms with Gasteiger partial charge in [0.1, 0.15) is 5.00 Å². The van der Waals surface area contributed by atoms with E-state index in [1.165, 1.54) is 11.3 Å². The third-order valence-electron chi connectivity index (χ3n) is 5.02. The van der Waals surface area contributed by atoms with Crippen molar-refractivity contribution in [2.75, 3.05) is 11.9 Å². The van der Waals surface area contributed by atoms with E-state index < -0.39 is 11.9 Å². The summed E-state index contributed by atoms with van der Waals surface area (Å²) >= 11 is 1.45.